The fourth-order valence-electron chi connectivity index (χ4n) is 2.42. The van der Waals surface area contributed by atoms with Gasteiger partial charge in [-0.2, -0.15) is 0 Å². The molecule has 2 rings (SSSR count). The molecule has 0 saturated carbocycles. The molecule has 0 aliphatic rings. The topological polar surface area (TPSA) is 108 Å². The molecule has 1 heterocycles. The van der Waals surface area contributed by atoms with Crippen LogP contribution in [0.1, 0.15) is 43.6 Å². The molecule has 0 bridgehead atoms. The summed E-state index contributed by atoms with van der Waals surface area (Å²) in [5, 5.41) is 2.64. The van der Waals surface area contributed by atoms with Gasteiger partial charge in [-0.15, -0.1) is 11.3 Å². The van der Waals surface area contributed by atoms with Crippen LogP contribution in [0.25, 0.3) is 0 Å². The molecule has 144 valence electrons. The van der Waals surface area contributed by atoms with Crippen LogP contribution in [0.15, 0.2) is 24.3 Å². The number of benzene rings is 1. The van der Waals surface area contributed by atoms with Crippen LogP contribution in [0.4, 0.5) is 5.00 Å². The van der Waals surface area contributed by atoms with Crippen molar-refractivity contribution in [1.82, 2.24) is 5.32 Å². The van der Waals surface area contributed by atoms with Gasteiger partial charge in [0.25, 0.3) is 5.91 Å². The van der Waals surface area contributed by atoms with E-state index < -0.39 is 17.8 Å². The molecule has 0 unspecified atom stereocenters. The third-order valence-corrected chi connectivity index (χ3v) is 4.85. The molecule has 1 amide bonds. The highest BCUT2D eigenvalue weighted by Crippen LogP contribution is 2.32. The van der Waals surface area contributed by atoms with Crippen LogP contribution in [0, 0.1) is 6.92 Å². The molecule has 0 atom stereocenters. The number of carbonyl (C=O) groups is 3. The van der Waals surface area contributed by atoms with Crippen molar-refractivity contribution in [2.75, 3.05) is 19.4 Å². The van der Waals surface area contributed by atoms with Crippen LogP contribution in [-0.4, -0.2) is 31.5 Å². The molecule has 2 aromatic rings. The summed E-state index contributed by atoms with van der Waals surface area (Å²) in [6, 6.07) is 7.51. The van der Waals surface area contributed by atoms with E-state index in [0.717, 1.165) is 22.5 Å². The monoisotopic (exact) mass is 390 g/mol. The summed E-state index contributed by atoms with van der Waals surface area (Å²) in [4.78, 5) is 36.7. The number of hydrogen-bond acceptors (Lipinski definition) is 7. The van der Waals surface area contributed by atoms with Crippen LogP contribution < -0.4 is 11.1 Å². The second-order valence-corrected chi connectivity index (χ2v) is 6.82. The molecule has 0 saturated heterocycles. The van der Waals surface area contributed by atoms with Gasteiger partial charge in [-0.25, -0.2) is 4.79 Å². The smallest absolute Gasteiger partial charge is 0.341 e. The number of esters is 2. The average molecular weight is 390 g/mol. The molecule has 0 radical (unpaired) electrons. The molecule has 0 aliphatic heterocycles. The molecule has 1 aromatic heterocycles. The Morgan fingerprint density at radius 2 is 1.81 bits per heavy atom. The number of thiophene rings is 1. The molecule has 0 aliphatic carbocycles. The van der Waals surface area contributed by atoms with E-state index in [9.17, 15) is 14.4 Å². The van der Waals surface area contributed by atoms with E-state index >= 15 is 0 Å². The number of nitrogen functional groups attached to an aromatic ring is 1. The molecule has 0 fully saturated rings. The first kappa shape index (κ1) is 20.4. The van der Waals surface area contributed by atoms with E-state index in [1.807, 2.05) is 31.2 Å². The number of nitrogens with one attached hydrogen (secondary N) is 1. The van der Waals surface area contributed by atoms with Gasteiger partial charge in [-0.1, -0.05) is 29.8 Å². The molecule has 27 heavy (non-hydrogen) atoms. The Morgan fingerprint density at radius 3 is 2.41 bits per heavy atom. The van der Waals surface area contributed by atoms with E-state index in [2.05, 4.69) is 5.32 Å². The fraction of sp³-hybridized carbons (Fsp3) is 0.316. The van der Waals surface area contributed by atoms with Crippen molar-refractivity contribution in [1.29, 1.82) is 0 Å². The number of aryl methyl sites for hydroxylation is 1. The van der Waals surface area contributed by atoms with E-state index in [0.29, 0.717) is 0 Å². The van der Waals surface area contributed by atoms with Gasteiger partial charge in [0.05, 0.1) is 13.0 Å². The van der Waals surface area contributed by atoms with Crippen molar-refractivity contribution in [2.24, 2.45) is 0 Å². The Balaban J connectivity index is 2.19. The number of nitrogens with two attached hydrogens (primary N) is 1. The first-order valence-corrected chi connectivity index (χ1v) is 9.20. The van der Waals surface area contributed by atoms with Gasteiger partial charge in [-0.05, 0) is 19.4 Å². The maximum atomic E-state index is 12.2. The van der Waals surface area contributed by atoms with E-state index in [-0.39, 0.29) is 40.6 Å². The number of carbonyl (C=O) groups excluding carboxylic acids is 3. The second kappa shape index (κ2) is 9.18. The highest BCUT2D eigenvalue weighted by Gasteiger charge is 2.27. The minimum absolute atomic E-state index is 0.0728. The summed E-state index contributed by atoms with van der Waals surface area (Å²) < 4.78 is 10.3. The molecule has 8 heteroatoms. The Labute approximate surface area is 161 Å². The highest BCUT2D eigenvalue weighted by molar-refractivity contribution is 7.18. The largest absolute Gasteiger partial charge is 0.462 e. The Morgan fingerprint density at radius 1 is 1.15 bits per heavy atom. The van der Waals surface area contributed by atoms with Crippen LogP contribution in [0.2, 0.25) is 0 Å². The Bertz CT molecular complexity index is 843. The zero-order valence-electron chi connectivity index (χ0n) is 15.5. The molecular formula is C19H22N2O5S. The zero-order chi connectivity index (χ0) is 20.0. The lowest BCUT2D eigenvalue weighted by molar-refractivity contribution is -0.144. The first-order valence-electron chi connectivity index (χ1n) is 8.38. The van der Waals surface area contributed by atoms with Gasteiger partial charge in [0.1, 0.15) is 22.0 Å². The summed E-state index contributed by atoms with van der Waals surface area (Å²) in [6.07, 6.45) is 0.0872. The highest BCUT2D eigenvalue weighted by atomic mass is 32.1. The van der Waals surface area contributed by atoms with Crippen molar-refractivity contribution in [2.45, 2.75) is 26.9 Å². The lowest BCUT2D eigenvalue weighted by Crippen LogP contribution is -2.20. The van der Waals surface area contributed by atoms with Gasteiger partial charge in [0.2, 0.25) is 0 Å². The Kier molecular flexibility index (Phi) is 6.95. The predicted octanol–water partition coefficient (Wildman–Crippen LogP) is 2.46. The molecule has 1 aromatic carbocycles. The SMILES string of the molecule is CCOC(=O)c1c(N)sc(C(=O)NC)c1COC(=O)Cc1ccc(C)cc1. The summed E-state index contributed by atoms with van der Waals surface area (Å²) in [7, 11) is 1.47. The van der Waals surface area contributed by atoms with Gasteiger partial charge >= 0.3 is 11.9 Å². The first-order chi connectivity index (χ1) is 12.9. The quantitative estimate of drug-likeness (QED) is 0.703. The van der Waals surface area contributed by atoms with E-state index in [1.165, 1.54) is 7.05 Å². The van der Waals surface area contributed by atoms with Gasteiger partial charge in [0, 0.05) is 12.6 Å². The van der Waals surface area contributed by atoms with Gasteiger partial charge in [0.15, 0.2) is 0 Å². The minimum atomic E-state index is -0.647. The molecule has 3 N–H and O–H groups in total. The van der Waals surface area contributed by atoms with E-state index in [4.69, 9.17) is 15.2 Å². The summed E-state index contributed by atoms with van der Waals surface area (Å²) in [5.41, 5.74) is 8.14. The summed E-state index contributed by atoms with van der Waals surface area (Å²) in [6.45, 7) is 3.55. The van der Waals surface area contributed by atoms with Gasteiger partial charge in [-0.3, -0.25) is 9.59 Å². The zero-order valence-corrected chi connectivity index (χ0v) is 16.3. The van der Waals surface area contributed by atoms with Crippen LogP contribution in [0.5, 0.6) is 0 Å². The van der Waals surface area contributed by atoms with Crippen molar-refractivity contribution in [3.05, 3.63) is 51.4 Å². The standard InChI is InChI=1S/C19H22N2O5S/c1-4-25-19(24)15-13(16(18(23)21-3)27-17(15)20)10-26-14(22)9-12-7-5-11(2)6-8-12/h5-8H,4,9-10,20H2,1-3H3,(H,21,23). The maximum absolute atomic E-state index is 12.2. The number of anilines is 1. The second-order valence-electron chi connectivity index (χ2n) is 5.77. The van der Waals surface area contributed by atoms with Crippen LogP contribution in [0.3, 0.4) is 0 Å². The lowest BCUT2D eigenvalue weighted by atomic mass is 10.1. The number of amides is 1. The predicted molar refractivity (Wildman–Crippen MR) is 103 cm³/mol. The normalized spacial score (nSPS) is 10.3. The maximum Gasteiger partial charge on any atom is 0.341 e. The average Bonchev–Trinajstić information content (AvgIpc) is 2.97. The minimum Gasteiger partial charge on any atom is -0.462 e. The molecular weight excluding hydrogens is 368 g/mol. The van der Waals surface area contributed by atoms with Crippen molar-refractivity contribution in [3.63, 3.8) is 0 Å². The molecule has 7 nitrogen and oxygen atoms in total. The van der Waals surface area contributed by atoms with Gasteiger partial charge < -0.3 is 20.5 Å². The lowest BCUT2D eigenvalue weighted by Gasteiger charge is -2.09. The Hall–Kier alpha value is -2.87. The number of rotatable bonds is 7. The number of hydrogen-bond donors (Lipinski definition) is 2. The number of ether oxygens (including phenoxy) is 2. The van der Waals surface area contributed by atoms with Crippen LogP contribution >= 0.6 is 11.3 Å². The summed E-state index contributed by atoms with van der Waals surface area (Å²) >= 11 is 0.959. The van der Waals surface area contributed by atoms with Crippen molar-refractivity contribution in [3.8, 4) is 0 Å². The summed E-state index contributed by atoms with van der Waals surface area (Å²) in [5.74, 6) is -1.53. The van der Waals surface area contributed by atoms with Crippen molar-refractivity contribution >= 4 is 34.2 Å². The van der Waals surface area contributed by atoms with Crippen molar-refractivity contribution < 1.29 is 23.9 Å². The third-order valence-electron chi connectivity index (χ3n) is 3.79. The van der Waals surface area contributed by atoms with E-state index in [1.54, 1.807) is 6.92 Å². The molecule has 0 spiro atoms. The fourth-order valence-corrected chi connectivity index (χ4v) is 3.43. The van der Waals surface area contributed by atoms with Crippen LogP contribution in [-0.2, 0) is 27.3 Å². The third kappa shape index (κ3) is 5.07.